The van der Waals surface area contributed by atoms with Gasteiger partial charge in [-0.2, -0.15) is 0 Å². The highest BCUT2D eigenvalue weighted by atomic mass is 16.1. The minimum Gasteiger partial charge on any atom is -0.327 e. The van der Waals surface area contributed by atoms with E-state index in [-0.39, 0.29) is 5.56 Å². The standard InChI is InChI=1S/C10H13NO/c1-7-5-9(6-10(12)11-7)8-3-2-4-8/h5-6,8H,2-4H2,1H3,(H,11,12). The second-order valence-electron chi connectivity index (χ2n) is 3.59. The number of hydrogen-bond acceptors (Lipinski definition) is 1. The molecule has 0 saturated heterocycles. The average Bonchev–Trinajstić information content (AvgIpc) is 1.79. The van der Waals surface area contributed by atoms with Gasteiger partial charge in [-0.3, -0.25) is 4.79 Å². The SMILES string of the molecule is Cc1cc(C2CCC2)cc(=O)[nH]1. The van der Waals surface area contributed by atoms with Crippen molar-refractivity contribution in [3.05, 3.63) is 33.7 Å². The smallest absolute Gasteiger partial charge is 0.248 e. The largest absolute Gasteiger partial charge is 0.327 e. The van der Waals surface area contributed by atoms with Gasteiger partial charge < -0.3 is 4.98 Å². The zero-order chi connectivity index (χ0) is 8.55. The summed E-state index contributed by atoms with van der Waals surface area (Å²) in [7, 11) is 0. The Balaban J connectivity index is 2.36. The van der Waals surface area contributed by atoms with E-state index in [1.165, 1.54) is 24.8 Å². The van der Waals surface area contributed by atoms with Crippen LogP contribution in [0.5, 0.6) is 0 Å². The normalized spacial score (nSPS) is 17.4. The fourth-order valence-electron chi connectivity index (χ4n) is 1.69. The second-order valence-corrected chi connectivity index (χ2v) is 3.59. The van der Waals surface area contributed by atoms with Gasteiger partial charge in [-0.25, -0.2) is 0 Å². The Bertz CT molecular complexity index is 336. The fourth-order valence-corrected chi connectivity index (χ4v) is 1.69. The van der Waals surface area contributed by atoms with Crippen LogP contribution in [0.3, 0.4) is 0 Å². The van der Waals surface area contributed by atoms with E-state index in [1.807, 2.05) is 6.92 Å². The first-order chi connectivity index (χ1) is 5.75. The van der Waals surface area contributed by atoms with E-state index in [2.05, 4.69) is 11.1 Å². The summed E-state index contributed by atoms with van der Waals surface area (Å²) in [4.78, 5) is 13.9. The minimum atomic E-state index is 0.0388. The number of hydrogen-bond donors (Lipinski definition) is 1. The Morgan fingerprint density at radius 1 is 1.42 bits per heavy atom. The molecule has 0 atom stereocenters. The summed E-state index contributed by atoms with van der Waals surface area (Å²) in [6.07, 6.45) is 3.82. The molecule has 2 rings (SSSR count). The number of aryl methyl sites for hydroxylation is 1. The predicted molar refractivity (Wildman–Crippen MR) is 48.4 cm³/mol. The molecular formula is C10H13NO. The molecule has 1 saturated carbocycles. The maximum absolute atomic E-state index is 11.1. The molecule has 0 aromatic carbocycles. The lowest BCUT2D eigenvalue weighted by atomic mass is 9.80. The van der Waals surface area contributed by atoms with Crippen LogP contribution in [-0.2, 0) is 0 Å². The summed E-state index contributed by atoms with van der Waals surface area (Å²) >= 11 is 0. The molecule has 1 aromatic heterocycles. The van der Waals surface area contributed by atoms with Crippen LogP contribution >= 0.6 is 0 Å². The van der Waals surface area contributed by atoms with Crippen molar-refractivity contribution < 1.29 is 0 Å². The van der Waals surface area contributed by atoms with E-state index in [0.717, 1.165) is 5.69 Å². The van der Waals surface area contributed by atoms with Gasteiger partial charge in [0.25, 0.3) is 0 Å². The number of rotatable bonds is 1. The molecule has 0 aliphatic heterocycles. The Morgan fingerprint density at radius 2 is 2.17 bits per heavy atom. The van der Waals surface area contributed by atoms with Gasteiger partial charge >= 0.3 is 0 Å². The van der Waals surface area contributed by atoms with Crippen molar-refractivity contribution in [2.45, 2.75) is 32.1 Å². The van der Waals surface area contributed by atoms with Crippen molar-refractivity contribution in [2.75, 3.05) is 0 Å². The van der Waals surface area contributed by atoms with Crippen molar-refractivity contribution in [2.24, 2.45) is 0 Å². The van der Waals surface area contributed by atoms with Crippen LogP contribution < -0.4 is 5.56 Å². The van der Waals surface area contributed by atoms with Crippen LogP contribution in [0.15, 0.2) is 16.9 Å². The highest BCUT2D eigenvalue weighted by molar-refractivity contribution is 5.21. The van der Waals surface area contributed by atoms with Crippen LogP contribution in [0.1, 0.15) is 36.4 Å². The maximum atomic E-state index is 11.1. The first-order valence-corrected chi connectivity index (χ1v) is 4.46. The molecule has 1 heterocycles. The lowest BCUT2D eigenvalue weighted by Gasteiger charge is -2.25. The van der Waals surface area contributed by atoms with E-state index in [4.69, 9.17) is 0 Å². The lowest BCUT2D eigenvalue weighted by Crippen LogP contribution is -2.14. The molecule has 12 heavy (non-hydrogen) atoms. The Labute approximate surface area is 71.6 Å². The number of nitrogens with one attached hydrogen (secondary N) is 1. The molecule has 1 aliphatic carbocycles. The van der Waals surface area contributed by atoms with Crippen molar-refractivity contribution in [1.82, 2.24) is 4.98 Å². The number of pyridine rings is 1. The molecule has 1 N–H and O–H groups in total. The average molecular weight is 163 g/mol. The van der Waals surface area contributed by atoms with Crippen LogP contribution in [0.25, 0.3) is 0 Å². The first kappa shape index (κ1) is 7.59. The van der Waals surface area contributed by atoms with E-state index in [0.29, 0.717) is 5.92 Å². The molecule has 2 heteroatoms. The first-order valence-electron chi connectivity index (χ1n) is 4.46. The Hall–Kier alpha value is -1.05. The van der Waals surface area contributed by atoms with E-state index in [1.54, 1.807) is 6.07 Å². The van der Waals surface area contributed by atoms with E-state index < -0.39 is 0 Å². The number of aromatic nitrogens is 1. The quantitative estimate of drug-likeness (QED) is 0.674. The number of H-pyrrole nitrogens is 1. The van der Waals surface area contributed by atoms with Gasteiger partial charge in [0.05, 0.1) is 0 Å². The molecular weight excluding hydrogens is 150 g/mol. The van der Waals surface area contributed by atoms with Gasteiger partial charge in [-0.1, -0.05) is 6.42 Å². The summed E-state index contributed by atoms with van der Waals surface area (Å²) in [5.74, 6) is 0.658. The van der Waals surface area contributed by atoms with Crippen LogP contribution in [0.2, 0.25) is 0 Å². The monoisotopic (exact) mass is 163 g/mol. The zero-order valence-corrected chi connectivity index (χ0v) is 7.26. The van der Waals surface area contributed by atoms with Crippen molar-refractivity contribution >= 4 is 0 Å². The van der Waals surface area contributed by atoms with Gasteiger partial charge in [0.15, 0.2) is 0 Å². The molecule has 2 nitrogen and oxygen atoms in total. The topological polar surface area (TPSA) is 32.9 Å². The molecule has 0 bridgehead atoms. The van der Waals surface area contributed by atoms with Crippen molar-refractivity contribution in [1.29, 1.82) is 0 Å². The highest BCUT2D eigenvalue weighted by Gasteiger charge is 2.19. The summed E-state index contributed by atoms with van der Waals surface area (Å²) in [5, 5.41) is 0. The highest BCUT2D eigenvalue weighted by Crippen LogP contribution is 2.35. The third-order valence-corrected chi connectivity index (χ3v) is 2.58. The molecule has 1 aliphatic rings. The lowest BCUT2D eigenvalue weighted by molar-refractivity contribution is 0.419. The summed E-state index contributed by atoms with van der Waals surface area (Å²) in [5.41, 5.74) is 2.24. The Kier molecular flexibility index (Phi) is 1.75. The van der Waals surface area contributed by atoms with Gasteiger partial charge in [0.1, 0.15) is 0 Å². The van der Waals surface area contributed by atoms with Crippen LogP contribution in [0, 0.1) is 6.92 Å². The van der Waals surface area contributed by atoms with Gasteiger partial charge in [-0.05, 0) is 37.3 Å². The third kappa shape index (κ3) is 1.29. The molecule has 64 valence electrons. The molecule has 0 radical (unpaired) electrons. The number of aromatic amines is 1. The molecule has 0 amide bonds. The van der Waals surface area contributed by atoms with E-state index in [9.17, 15) is 4.79 Å². The molecule has 1 aromatic rings. The Morgan fingerprint density at radius 3 is 2.67 bits per heavy atom. The summed E-state index contributed by atoms with van der Waals surface area (Å²) in [6.45, 7) is 1.93. The van der Waals surface area contributed by atoms with Crippen LogP contribution in [0.4, 0.5) is 0 Å². The maximum Gasteiger partial charge on any atom is 0.248 e. The summed E-state index contributed by atoms with van der Waals surface area (Å²) < 4.78 is 0. The zero-order valence-electron chi connectivity index (χ0n) is 7.26. The summed E-state index contributed by atoms with van der Waals surface area (Å²) in [6, 6.07) is 3.82. The van der Waals surface area contributed by atoms with Crippen molar-refractivity contribution in [3.63, 3.8) is 0 Å². The van der Waals surface area contributed by atoms with Crippen LogP contribution in [-0.4, -0.2) is 4.98 Å². The minimum absolute atomic E-state index is 0.0388. The van der Waals surface area contributed by atoms with Crippen molar-refractivity contribution in [3.8, 4) is 0 Å². The van der Waals surface area contributed by atoms with Gasteiger partial charge in [0.2, 0.25) is 5.56 Å². The van der Waals surface area contributed by atoms with Gasteiger partial charge in [0, 0.05) is 11.8 Å². The molecule has 1 fully saturated rings. The fraction of sp³-hybridized carbons (Fsp3) is 0.500. The third-order valence-electron chi connectivity index (χ3n) is 2.58. The molecule has 0 spiro atoms. The predicted octanol–water partition coefficient (Wildman–Crippen LogP) is 1.95. The van der Waals surface area contributed by atoms with Gasteiger partial charge in [-0.15, -0.1) is 0 Å². The second kappa shape index (κ2) is 2.77. The molecule has 0 unspecified atom stereocenters. The van der Waals surface area contributed by atoms with E-state index >= 15 is 0 Å².